The number of hydrogen-bond donors (Lipinski definition) is 0. The second kappa shape index (κ2) is 7.94. The second-order valence-corrected chi connectivity index (χ2v) is 9.07. The summed E-state index contributed by atoms with van der Waals surface area (Å²) in [5, 5.41) is 3.14. The van der Waals surface area contributed by atoms with Gasteiger partial charge in [-0.3, -0.25) is 4.79 Å². The monoisotopic (exact) mass is 425 g/mol. The first-order chi connectivity index (χ1) is 15.5. The van der Waals surface area contributed by atoms with E-state index in [0.29, 0.717) is 35.9 Å². The van der Waals surface area contributed by atoms with Gasteiger partial charge < -0.3 is 9.30 Å². The average Bonchev–Trinajstić information content (AvgIpc) is 3.13. The van der Waals surface area contributed by atoms with Crippen molar-refractivity contribution in [1.82, 2.24) is 4.57 Å². The number of Topliss-reactive ketones (excluding diaryl/α,β-unsaturated/α-hetero) is 1. The van der Waals surface area contributed by atoms with Gasteiger partial charge in [0, 0.05) is 29.6 Å². The number of rotatable bonds is 4. The van der Waals surface area contributed by atoms with Gasteiger partial charge >= 0.3 is 5.97 Å². The topological polar surface area (TPSA) is 48.3 Å². The van der Waals surface area contributed by atoms with E-state index in [9.17, 15) is 9.59 Å². The number of hydrogen-bond acceptors (Lipinski definition) is 3. The highest BCUT2D eigenvalue weighted by Crippen LogP contribution is 2.39. The van der Waals surface area contributed by atoms with Gasteiger partial charge in [0.2, 0.25) is 0 Å². The molecule has 1 aliphatic carbocycles. The highest BCUT2D eigenvalue weighted by Gasteiger charge is 2.34. The van der Waals surface area contributed by atoms with Crippen molar-refractivity contribution in [2.24, 2.45) is 11.8 Å². The molecule has 162 valence electrons. The van der Waals surface area contributed by atoms with Crippen LogP contribution in [0.4, 0.5) is 0 Å². The minimum atomic E-state index is -0.403. The van der Waals surface area contributed by atoms with Gasteiger partial charge in [0.05, 0.1) is 18.2 Å². The van der Waals surface area contributed by atoms with E-state index in [4.69, 9.17) is 4.74 Å². The van der Waals surface area contributed by atoms with Crippen molar-refractivity contribution in [2.45, 2.75) is 33.2 Å². The van der Waals surface area contributed by atoms with Gasteiger partial charge in [-0.1, -0.05) is 62.4 Å². The fourth-order valence-corrected chi connectivity index (χ4v) is 5.16. The molecule has 1 atom stereocenters. The number of carbonyl (C=O) groups is 2. The molecule has 32 heavy (non-hydrogen) atoms. The van der Waals surface area contributed by atoms with E-state index in [1.165, 1.54) is 23.4 Å². The van der Waals surface area contributed by atoms with Crippen molar-refractivity contribution < 1.29 is 14.3 Å². The lowest BCUT2D eigenvalue weighted by Gasteiger charge is -2.26. The largest absolute Gasteiger partial charge is 0.465 e. The lowest BCUT2D eigenvalue weighted by molar-refractivity contribution is 0.0603. The van der Waals surface area contributed by atoms with Crippen LogP contribution in [0, 0.1) is 11.8 Å². The van der Waals surface area contributed by atoms with Gasteiger partial charge in [-0.25, -0.2) is 4.79 Å². The molecule has 3 aromatic carbocycles. The zero-order valence-electron chi connectivity index (χ0n) is 18.7. The van der Waals surface area contributed by atoms with Gasteiger partial charge in [-0.2, -0.15) is 0 Å². The Bertz CT molecular complexity index is 1360. The summed E-state index contributed by atoms with van der Waals surface area (Å²) in [5.41, 5.74) is 4.33. The van der Waals surface area contributed by atoms with Crippen LogP contribution in [0.2, 0.25) is 0 Å². The Morgan fingerprint density at radius 1 is 1.03 bits per heavy atom. The quantitative estimate of drug-likeness (QED) is 0.375. The Morgan fingerprint density at radius 3 is 2.56 bits per heavy atom. The Kier molecular flexibility index (Phi) is 5.09. The Labute approximate surface area is 187 Å². The number of fused-ring (bicyclic) bond motifs is 4. The van der Waals surface area contributed by atoms with E-state index in [-0.39, 0.29) is 5.78 Å². The van der Waals surface area contributed by atoms with Gasteiger partial charge in [-0.15, -0.1) is 0 Å². The number of nitrogens with zero attached hydrogens (tertiary/aromatic N) is 1. The van der Waals surface area contributed by atoms with Crippen molar-refractivity contribution in [2.75, 3.05) is 7.11 Å². The SMILES string of the molecule is COC(=O)c1cccc2c1c1c(n2Cc2cccc3ccccc23)CC(C(C)C)CC1=O. The normalized spacial score (nSPS) is 16.0. The molecule has 1 aliphatic rings. The van der Waals surface area contributed by atoms with Crippen molar-refractivity contribution in [1.29, 1.82) is 0 Å². The van der Waals surface area contributed by atoms with Gasteiger partial charge in [0.1, 0.15) is 0 Å². The maximum absolute atomic E-state index is 13.4. The summed E-state index contributed by atoms with van der Waals surface area (Å²) < 4.78 is 7.31. The molecule has 0 saturated carbocycles. The number of carbonyl (C=O) groups excluding carboxylic acids is 2. The van der Waals surface area contributed by atoms with E-state index in [1.807, 2.05) is 18.2 Å². The zero-order chi connectivity index (χ0) is 22.4. The maximum Gasteiger partial charge on any atom is 0.338 e. The van der Waals surface area contributed by atoms with Crippen LogP contribution in [-0.2, 0) is 17.7 Å². The second-order valence-electron chi connectivity index (χ2n) is 9.07. The molecule has 0 spiro atoms. The highest BCUT2D eigenvalue weighted by molar-refractivity contribution is 6.16. The number of ether oxygens (including phenoxy) is 1. The Balaban J connectivity index is 1.78. The molecule has 1 aromatic heterocycles. The fourth-order valence-electron chi connectivity index (χ4n) is 5.16. The molecule has 1 heterocycles. The number of benzene rings is 3. The van der Waals surface area contributed by atoms with Crippen LogP contribution >= 0.6 is 0 Å². The first-order valence-electron chi connectivity index (χ1n) is 11.2. The number of esters is 1. The molecular weight excluding hydrogens is 398 g/mol. The van der Waals surface area contributed by atoms with Crippen LogP contribution in [0.3, 0.4) is 0 Å². The minimum absolute atomic E-state index is 0.128. The van der Waals surface area contributed by atoms with Crippen molar-refractivity contribution >= 4 is 33.4 Å². The summed E-state index contributed by atoms with van der Waals surface area (Å²) in [7, 11) is 1.39. The molecule has 0 bridgehead atoms. The van der Waals surface area contributed by atoms with E-state index in [0.717, 1.165) is 23.0 Å². The minimum Gasteiger partial charge on any atom is -0.465 e. The van der Waals surface area contributed by atoms with Gasteiger partial charge in [0.25, 0.3) is 0 Å². The molecule has 4 nitrogen and oxygen atoms in total. The first-order valence-corrected chi connectivity index (χ1v) is 11.2. The maximum atomic E-state index is 13.4. The third-order valence-electron chi connectivity index (χ3n) is 6.94. The fraction of sp³-hybridized carbons (Fsp3) is 0.286. The molecule has 0 N–H and O–H groups in total. The lowest BCUT2D eigenvalue weighted by atomic mass is 9.79. The molecule has 4 heteroatoms. The van der Waals surface area contributed by atoms with Crippen LogP contribution < -0.4 is 0 Å². The Hall–Kier alpha value is -3.40. The van der Waals surface area contributed by atoms with E-state index in [2.05, 4.69) is 54.8 Å². The predicted molar refractivity (Wildman–Crippen MR) is 127 cm³/mol. The molecule has 0 amide bonds. The summed E-state index contributed by atoms with van der Waals surface area (Å²) >= 11 is 0. The third kappa shape index (κ3) is 3.22. The molecule has 4 aromatic rings. The highest BCUT2D eigenvalue weighted by atomic mass is 16.5. The molecule has 0 fully saturated rings. The van der Waals surface area contributed by atoms with Gasteiger partial charge in [0.15, 0.2) is 5.78 Å². The van der Waals surface area contributed by atoms with E-state index >= 15 is 0 Å². The number of ketones is 1. The summed E-state index contributed by atoms with van der Waals surface area (Å²) in [4.78, 5) is 26.0. The summed E-state index contributed by atoms with van der Waals surface area (Å²) in [6.07, 6.45) is 1.35. The molecule has 0 saturated heterocycles. The van der Waals surface area contributed by atoms with Crippen molar-refractivity contribution in [3.63, 3.8) is 0 Å². The lowest BCUT2D eigenvalue weighted by Crippen LogP contribution is -2.25. The zero-order valence-corrected chi connectivity index (χ0v) is 18.7. The third-order valence-corrected chi connectivity index (χ3v) is 6.94. The number of aromatic nitrogens is 1. The van der Waals surface area contributed by atoms with Crippen molar-refractivity contribution in [3.8, 4) is 0 Å². The van der Waals surface area contributed by atoms with Crippen LogP contribution in [-0.4, -0.2) is 23.4 Å². The standard InChI is InChI=1S/C28H27NO3/c1-17(2)20-14-24-27(25(30)15-20)26-22(28(31)32-3)12-7-13-23(26)29(24)16-19-10-6-9-18-8-4-5-11-21(18)19/h4-13,17,20H,14-16H2,1-3H3. The van der Waals surface area contributed by atoms with Crippen LogP contribution in [0.25, 0.3) is 21.7 Å². The van der Waals surface area contributed by atoms with Crippen LogP contribution in [0.15, 0.2) is 60.7 Å². The summed E-state index contributed by atoms with van der Waals surface area (Å²) in [5.74, 6) is 0.436. The number of methoxy groups -OCH3 is 1. The summed E-state index contributed by atoms with van der Waals surface area (Å²) in [6.45, 7) is 5.01. The van der Waals surface area contributed by atoms with E-state index in [1.54, 1.807) is 6.07 Å². The van der Waals surface area contributed by atoms with Crippen LogP contribution in [0.1, 0.15) is 52.2 Å². The van der Waals surface area contributed by atoms with Gasteiger partial charge in [-0.05, 0) is 46.7 Å². The Morgan fingerprint density at radius 2 is 1.78 bits per heavy atom. The molecule has 1 unspecified atom stereocenters. The molecule has 0 aliphatic heterocycles. The van der Waals surface area contributed by atoms with E-state index < -0.39 is 5.97 Å². The van der Waals surface area contributed by atoms with Crippen molar-refractivity contribution in [3.05, 3.63) is 83.0 Å². The molecular formula is C28H27NO3. The smallest absolute Gasteiger partial charge is 0.338 e. The predicted octanol–water partition coefficient (Wildman–Crippen LogP) is 6.03. The molecule has 0 radical (unpaired) electrons. The van der Waals surface area contributed by atoms with Crippen LogP contribution in [0.5, 0.6) is 0 Å². The average molecular weight is 426 g/mol. The first kappa shape index (κ1) is 20.5. The molecule has 5 rings (SSSR count). The summed E-state index contributed by atoms with van der Waals surface area (Å²) in [6, 6.07) is 20.4.